The van der Waals surface area contributed by atoms with Gasteiger partial charge in [0.1, 0.15) is 0 Å². The van der Waals surface area contributed by atoms with Crippen molar-refractivity contribution in [3.8, 4) is 0 Å². The van der Waals surface area contributed by atoms with Gasteiger partial charge in [-0.25, -0.2) is 0 Å². The molecule has 0 spiro atoms. The SMILES string of the molecule is [Bi].[CaH2].[Cu].[O].[Pb].[SrH2]. The maximum absolute atomic E-state index is 0. The first-order valence-corrected chi connectivity index (χ1v) is 0. The van der Waals surface area contributed by atoms with Crippen LogP contribution in [-0.4, -0.2) is 137 Å². The molecule has 0 amide bonds. The molecular weight excluding hydrogens is 623 g/mol. The van der Waals surface area contributed by atoms with Gasteiger partial charge in [-0.2, -0.15) is 0 Å². The van der Waals surface area contributed by atoms with Crippen molar-refractivity contribution in [1.29, 1.82) is 0 Å². The van der Waals surface area contributed by atoms with Crippen LogP contribution in [0, 0.1) is 0 Å². The van der Waals surface area contributed by atoms with Crippen molar-refractivity contribution < 1.29 is 22.5 Å². The minimum absolute atomic E-state index is 0. The van der Waals surface area contributed by atoms with E-state index in [1.807, 2.05) is 0 Å². The second-order valence-corrected chi connectivity index (χ2v) is 0. The molecule has 34 valence electrons. The Bertz CT molecular complexity index is 15.5. The molecule has 0 aliphatic carbocycles. The molecule has 10 radical (unpaired) electrons. The van der Waals surface area contributed by atoms with Crippen LogP contribution < -0.4 is 0 Å². The molecule has 0 aromatic carbocycles. The van der Waals surface area contributed by atoms with Crippen molar-refractivity contribution in [2.75, 3.05) is 0 Å². The van der Waals surface area contributed by atoms with E-state index < -0.39 is 0 Å². The maximum atomic E-state index is 0. The quantitative estimate of drug-likeness (QED) is 0.262. The van der Waals surface area contributed by atoms with Crippen molar-refractivity contribution in [2.24, 2.45) is 0 Å². The van der Waals surface area contributed by atoms with E-state index in [4.69, 9.17) is 0 Å². The minimum atomic E-state index is 0. The Morgan fingerprint density at radius 2 is 1.00 bits per heavy atom. The van der Waals surface area contributed by atoms with E-state index in [1.54, 1.807) is 0 Å². The van der Waals surface area contributed by atoms with Crippen LogP contribution in [0.15, 0.2) is 0 Å². The number of rotatable bonds is 0. The Morgan fingerprint density at radius 1 is 1.00 bits per heavy atom. The van der Waals surface area contributed by atoms with Crippen LogP contribution in [0.2, 0.25) is 0 Å². The Morgan fingerprint density at radius 3 is 1.00 bits per heavy atom. The molecule has 0 bridgehead atoms. The number of hydrogen-bond donors (Lipinski definition) is 0. The molecule has 0 saturated carbocycles. The molecule has 0 saturated heterocycles. The molecule has 0 unspecified atom stereocenters. The van der Waals surface area contributed by atoms with E-state index >= 15 is 0 Å². The molecule has 0 fully saturated rings. The van der Waals surface area contributed by atoms with Crippen molar-refractivity contribution in [3.05, 3.63) is 0 Å². The summed E-state index contributed by atoms with van der Waals surface area (Å²) < 4.78 is 0. The topological polar surface area (TPSA) is 28.5 Å². The first-order chi connectivity index (χ1) is 0. The normalized spacial score (nSPS) is 0. The summed E-state index contributed by atoms with van der Waals surface area (Å²) in [4.78, 5) is 0. The van der Waals surface area contributed by atoms with Crippen molar-refractivity contribution >= 4 is 137 Å². The molecule has 6 heteroatoms. The predicted octanol–water partition coefficient (Wildman–Crippen LogP) is -2.72. The van der Waals surface area contributed by atoms with Crippen LogP contribution in [0.25, 0.3) is 0 Å². The Labute approximate surface area is 154 Å². The van der Waals surface area contributed by atoms with E-state index in [9.17, 15) is 0 Å². The average molecular weight is 627 g/mol. The van der Waals surface area contributed by atoms with Crippen LogP contribution in [0.3, 0.4) is 0 Å². The summed E-state index contributed by atoms with van der Waals surface area (Å²) in [6.45, 7) is 0. The summed E-state index contributed by atoms with van der Waals surface area (Å²) in [5, 5.41) is 0. The molecule has 6 heavy (non-hydrogen) atoms. The third-order valence-corrected chi connectivity index (χ3v) is 0. The van der Waals surface area contributed by atoms with Gasteiger partial charge < -0.3 is 0 Å². The van der Waals surface area contributed by atoms with Gasteiger partial charge in [-0.3, -0.25) is 0 Å². The van der Waals surface area contributed by atoms with Gasteiger partial charge in [-0.1, -0.05) is 0 Å². The van der Waals surface area contributed by atoms with Crippen molar-refractivity contribution in [2.45, 2.75) is 0 Å². The molecule has 0 atom stereocenters. The van der Waals surface area contributed by atoms with Crippen LogP contribution >= 0.6 is 0 Å². The molecule has 0 N–H and O–H groups in total. The molecule has 0 aromatic rings. The van der Waals surface area contributed by atoms with Gasteiger partial charge in [-0.15, -0.1) is 0 Å². The molecule has 0 heterocycles. The first kappa shape index (κ1) is 43.9. The van der Waals surface area contributed by atoms with Crippen molar-refractivity contribution in [3.63, 3.8) is 0 Å². The monoisotopic (exact) mass is 628 g/mol. The summed E-state index contributed by atoms with van der Waals surface area (Å²) in [5.41, 5.74) is 0. The second-order valence-electron chi connectivity index (χ2n) is 0. The van der Waals surface area contributed by atoms with Crippen LogP contribution in [0.4, 0.5) is 0 Å². The Balaban J connectivity index is 0. The zero-order valence-electron chi connectivity index (χ0n) is 1.66. The average Bonchev–Trinajstić information content (AvgIpc) is 0. The van der Waals surface area contributed by atoms with Crippen LogP contribution in [0.5, 0.6) is 0 Å². The van der Waals surface area contributed by atoms with Gasteiger partial charge in [0.2, 0.25) is 0 Å². The van der Waals surface area contributed by atoms with Crippen molar-refractivity contribution in [1.82, 2.24) is 0 Å². The van der Waals surface area contributed by atoms with Gasteiger partial charge in [0.15, 0.2) is 0 Å². The summed E-state index contributed by atoms with van der Waals surface area (Å²) >= 11 is 0. The first-order valence-electron chi connectivity index (χ1n) is 0. The van der Waals surface area contributed by atoms with Gasteiger partial charge in [-0.05, 0) is 0 Å². The standard InChI is InChI=1S/Bi.Ca.Cu.O.Pb.Sr.4H. The summed E-state index contributed by atoms with van der Waals surface area (Å²) in [6.07, 6.45) is 0. The van der Waals surface area contributed by atoms with Gasteiger partial charge in [0, 0.05) is 76.0 Å². The third-order valence-electron chi connectivity index (χ3n) is 0. The molecule has 0 aliphatic heterocycles. The van der Waals surface area contributed by atoms with Gasteiger partial charge in [0.05, 0.1) is 0 Å². The molecular formula is H4BiCaCuOPbSr. The van der Waals surface area contributed by atoms with E-state index in [0.717, 1.165) is 0 Å². The van der Waals surface area contributed by atoms with E-state index in [-0.39, 0.29) is 159 Å². The Kier molecular flexibility index (Phi) is 237. The zero-order chi connectivity index (χ0) is 0. The van der Waals surface area contributed by atoms with Gasteiger partial charge in [0.25, 0.3) is 0 Å². The summed E-state index contributed by atoms with van der Waals surface area (Å²) in [5.74, 6) is 0. The fourth-order valence-corrected chi connectivity index (χ4v) is 0. The molecule has 0 aromatic heterocycles. The van der Waals surface area contributed by atoms with E-state index in [2.05, 4.69) is 0 Å². The zero-order valence-corrected chi connectivity index (χ0v) is 9.96. The summed E-state index contributed by atoms with van der Waals surface area (Å²) in [6, 6.07) is 0. The fraction of sp³-hybridized carbons (Fsp3) is 0. The van der Waals surface area contributed by atoms with E-state index in [0.29, 0.717) is 0 Å². The van der Waals surface area contributed by atoms with Crippen LogP contribution in [0.1, 0.15) is 0 Å². The molecule has 0 rings (SSSR count). The molecule has 0 aliphatic rings. The second kappa shape index (κ2) is 32.3. The van der Waals surface area contributed by atoms with E-state index in [1.165, 1.54) is 0 Å². The summed E-state index contributed by atoms with van der Waals surface area (Å²) in [7, 11) is 0. The number of hydrogen-bond acceptors (Lipinski definition) is 0. The molecule has 1 nitrogen and oxygen atoms in total. The van der Waals surface area contributed by atoms with Gasteiger partial charge >= 0.3 is 83.2 Å². The third kappa shape index (κ3) is 23.0. The van der Waals surface area contributed by atoms with Crippen LogP contribution in [-0.2, 0) is 22.5 Å². The fourth-order valence-electron chi connectivity index (χ4n) is 0. The Hall–Kier alpha value is 5.02. The predicted molar refractivity (Wildman–Crippen MR) is 29.3 cm³/mol.